The standard InChI is InChI=1S/C21H28N4O2S/c1-21(2,3)24-20(27)22-15-5-4-14-10-18(28-17(14)11-15)19(26)23-16-12-25-8-6-13(16)7-9-25/h4-5,10-11,13,16H,6-9,12H2,1-3H3,(H,23,26)(H2,22,24,27). The van der Waals surface area contributed by atoms with E-state index in [-0.39, 0.29) is 23.5 Å². The first-order chi connectivity index (χ1) is 13.3. The number of rotatable bonds is 3. The largest absolute Gasteiger partial charge is 0.347 e. The molecule has 6 nitrogen and oxygen atoms in total. The van der Waals surface area contributed by atoms with Crippen LogP contribution in [0.5, 0.6) is 0 Å². The van der Waals surface area contributed by atoms with Gasteiger partial charge in [-0.1, -0.05) is 6.07 Å². The van der Waals surface area contributed by atoms with E-state index >= 15 is 0 Å². The number of nitrogens with one attached hydrogen (secondary N) is 3. The zero-order valence-electron chi connectivity index (χ0n) is 16.7. The molecule has 150 valence electrons. The molecule has 2 aromatic rings. The molecule has 3 N–H and O–H groups in total. The van der Waals surface area contributed by atoms with Crippen LogP contribution in [-0.4, -0.2) is 48.1 Å². The summed E-state index contributed by atoms with van der Waals surface area (Å²) in [6.45, 7) is 9.12. The van der Waals surface area contributed by atoms with Crippen molar-refractivity contribution in [3.05, 3.63) is 29.1 Å². The third kappa shape index (κ3) is 4.31. The predicted molar refractivity (Wildman–Crippen MR) is 114 cm³/mol. The molecule has 0 aliphatic carbocycles. The summed E-state index contributed by atoms with van der Waals surface area (Å²) in [6.07, 6.45) is 2.37. The summed E-state index contributed by atoms with van der Waals surface area (Å²) in [5.41, 5.74) is 0.429. The third-order valence-corrected chi connectivity index (χ3v) is 6.56. The van der Waals surface area contributed by atoms with Crippen molar-refractivity contribution < 1.29 is 9.59 Å². The maximum atomic E-state index is 12.8. The lowest BCUT2D eigenvalue weighted by atomic mass is 9.84. The van der Waals surface area contributed by atoms with Gasteiger partial charge in [0, 0.05) is 28.5 Å². The van der Waals surface area contributed by atoms with Crippen molar-refractivity contribution in [1.29, 1.82) is 0 Å². The molecule has 4 heterocycles. The van der Waals surface area contributed by atoms with E-state index in [0.29, 0.717) is 5.92 Å². The van der Waals surface area contributed by atoms with Gasteiger partial charge >= 0.3 is 6.03 Å². The van der Waals surface area contributed by atoms with Crippen molar-refractivity contribution >= 4 is 39.0 Å². The Balaban J connectivity index is 1.44. The van der Waals surface area contributed by atoms with Crippen LogP contribution in [0.4, 0.5) is 10.5 Å². The molecule has 0 saturated carbocycles. The SMILES string of the molecule is CC(C)(C)NC(=O)Nc1ccc2cc(C(=O)NC3CN4CCC3CC4)sc2c1. The summed E-state index contributed by atoms with van der Waals surface area (Å²) in [5.74, 6) is 0.625. The molecular formula is C21H28N4O2S. The Kier molecular flexibility index (Phi) is 5.05. The van der Waals surface area contributed by atoms with Crippen LogP contribution in [0, 0.1) is 5.92 Å². The van der Waals surface area contributed by atoms with Gasteiger partial charge in [0.15, 0.2) is 0 Å². The number of nitrogens with zero attached hydrogens (tertiary/aromatic N) is 1. The number of amides is 3. The Morgan fingerprint density at radius 1 is 1.14 bits per heavy atom. The number of hydrogen-bond acceptors (Lipinski definition) is 4. The summed E-state index contributed by atoms with van der Waals surface area (Å²) < 4.78 is 0.993. The van der Waals surface area contributed by atoms with E-state index in [1.165, 1.54) is 37.3 Å². The van der Waals surface area contributed by atoms with E-state index in [4.69, 9.17) is 0 Å². The number of carbonyl (C=O) groups excluding carboxylic acids is 2. The number of piperidine rings is 3. The molecule has 0 radical (unpaired) electrons. The topological polar surface area (TPSA) is 73.5 Å². The molecule has 3 saturated heterocycles. The fourth-order valence-corrected chi connectivity index (χ4v) is 5.10. The Labute approximate surface area is 169 Å². The monoisotopic (exact) mass is 400 g/mol. The zero-order chi connectivity index (χ0) is 19.9. The van der Waals surface area contributed by atoms with Crippen molar-refractivity contribution in [2.45, 2.75) is 45.2 Å². The quantitative estimate of drug-likeness (QED) is 0.736. The lowest BCUT2D eigenvalue weighted by Gasteiger charge is -2.44. The Morgan fingerprint density at radius 3 is 2.54 bits per heavy atom. The van der Waals surface area contributed by atoms with Crippen LogP contribution in [-0.2, 0) is 0 Å². The number of benzene rings is 1. The molecular weight excluding hydrogens is 372 g/mol. The summed E-state index contributed by atoms with van der Waals surface area (Å²) in [7, 11) is 0. The molecule has 3 fully saturated rings. The van der Waals surface area contributed by atoms with Gasteiger partial charge in [-0.2, -0.15) is 0 Å². The summed E-state index contributed by atoms with van der Waals surface area (Å²) in [6, 6.07) is 7.71. The second-order valence-corrected chi connectivity index (χ2v) is 9.99. The van der Waals surface area contributed by atoms with Gasteiger partial charge in [-0.25, -0.2) is 4.79 Å². The molecule has 1 aromatic heterocycles. The van der Waals surface area contributed by atoms with E-state index in [0.717, 1.165) is 27.2 Å². The maximum absolute atomic E-state index is 12.8. The molecule has 7 heteroatoms. The van der Waals surface area contributed by atoms with Crippen LogP contribution in [0.15, 0.2) is 24.3 Å². The van der Waals surface area contributed by atoms with Gasteiger partial charge in [0.2, 0.25) is 0 Å². The fourth-order valence-electron chi connectivity index (χ4n) is 4.09. The Morgan fingerprint density at radius 2 is 1.89 bits per heavy atom. The maximum Gasteiger partial charge on any atom is 0.319 e. The van der Waals surface area contributed by atoms with Gasteiger partial charge < -0.3 is 20.9 Å². The minimum atomic E-state index is -0.294. The van der Waals surface area contributed by atoms with Crippen LogP contribution in [0.25, 0.3) is 10.1 Å². The van der Waals surface area contributed by atoms with Gasteiger partial charge in [0.25, 0.3) is 5.91 Å². The number of anilines is 1. The second-order valence-electron chi connectivity index (χ2n) is 8.91. The number of urea groups is 1. The molecule has 1 aromatic carbocycles. The number of thiophene rings is 1. The molecule has 1 unspecified atom stereocenters. The highest BCUT2D eigenvalue weighted by atomic mass is 32.1. The Bertz CT molecular complexity index is 893. The normalized spacial score (nSPS) is 24.2. The van der Waals surface area contributed by atoms with Crippen molar-refractivity contribution in [2.75, 3.05) is 25.0 Å². The fraction of sp³-hybridized carbons (Fsp3) is 0.524. The van der Waals surface area contributed by atoms with E-state index in [1.807, 2.05) is 45.0 Å². The van der Waals surface area contributed by atoms with E-state index < -0.39 is 0 Å². The van der Waals surface area contributed by atoms with Gasteiger partial charge in [-0.15, -0.1) is 11.3 Å². The molecule has 3 aliphatic heterocycles. The highest BCUT2D eigenvalue weighted by Crippen LogP contribution is 2.30. The minimum absolute atomic E-state index is 0.0138. The van der Waals surface area contributed by atoms with Crippen LogP contribution in [0.2, 0.25) is 0 Å². The minimum Gasteiger partial charge on any atom is -0.347 e. The zero-order valence-corrected chi connectivity index (χ0v) is 17.5. The molecule has 5 rings (SSSR count). The number of fused-ring (bicyclic) bond motifs is 4. The first kappa shape index (κ1) is 19.2. The van der Waals surface area contributed by atoms with Crippen LogP contribution in [0.3, 0.4) is 0 Å². The molecule has 2 bridgehead atoms. The number of carbonyl (C=O) groups is 2. The van der Waals surface area contributed by atoms with E-state index in [2.05, 4.69) is 20.9 Å². The number of hydrogen-bond donors (Lipinski definition) is 3. The molecule has 3 amide bonds. The summed E-state index contributed by atoms with van der Waals surface area (Å²) in [5, 5.41) is 10.0. The summed E-state index contributed by atoms with van der Waals surface area (Å²) >= 11 is 1.47. The lowest BCUT2D eigenvalue weighted by Crippen LogP contribution is -2.57. The highest BCUT2D eigenvalue weighted by molar-refractivity contribution is 7.20. The highest BCUT2D eigenvalue weighted by Gasteiger charge is 2.35. The van der Waals surface area contributed by atoms with Crippen LogP contribution in [0.1, 0.15) is 43.3 Å². The van der Waals surface area contributed by atoms with Crippen molar-refractivity contribution in [3.63, 3.8) is 0 Å². The predicted octanol–water partition coefficient (Wildman–Crippen LogP) is 3.65. The van der Waals surface area contributed by atoms with Crippen molar-refractivity contribution in [3.8, 4) is 0 Å². The van der Waals surface area contributed by atoms with E-state index in [1.54, 1.807) is 0 Å². The second kappa shape index (κ2) is 7.37. The third-order valence-electron chi connectivity index (χ3n) is 5.46. The van der Waals surface area contributed by atoms with Crippen LogP contribution >= 0.6 is 11.3 Å². The molecule has 0 spiro atoms. The van der Waals surface area contributed by atoms with Gasteiger partial charge in [-0.3, -0.25) is 4.79 Å². The molecule has 3 aliphatic rings. The van der Waals surface area contributed by atoms with Crippen LogP contribution < -0.4 is 16.0 Å². The summed E-state index contributed by atoms with van der Waals surface area (Å²) in [4.78, 5) is 28.0. The average molecular weight is 401 g/mol. The lowest BCUT2D eigenvalue weighted by molar-refractivity contribution is 0.0622. The van der Waals surface area contributed by atoms with Gasteiger partial charge in [-0.05, 0) is 76.2 Å². The van der Waals surface area contributed by atoms with Gasteiger partial charge in [0.1, 0.15) is 0 Å². The van der Waals surface area contributed by atoms with Crippen molar-refractivity contribution in [2.24, 2.45) is 5.92 Å². The average Bonchev–Trinajstić information content (AvgIpc) is 3.04. The first-order valence-corrected chi connectivity index (χ1v) is 10.7. The first-order valence-electron chi connectivity index (χ1n) is 9.93. The smallest absolute Gasteiger partial charge is 0.319 e. The van der Waals surface area contributed by atoms with Crippen molar-refractivity contribution in [1.82, 2.24) is 15.5 Å². The molecule has 1 atom stereocenters. The molecule has 28 heavy (non-hydrogen) atoms. The Hall–Kier alpha value is -2.12. The van der Waals surface area contributed by atoms with Gasteiger partial charge in [0.05, 0.1) is 4.88 Å². The van der Waals surface area contributed by atoms with E-state index in [9.17, 15) is 9.59 Å².